The topological polar surface area (TPSA) is 83.1 Å². The molecule has 0 saturated heterocycles. The van der Waals surface area contributed by atoms with E-state index in [1.165, 1.54) is 6.92 Å². The average molecular weight is 393 g/mol. The molecule has 3 aromatic rings. The second-order valence-electron chi connectivity index (χ2n) is 6.41. The minimum absolute atomic E-state index is 0.0120. The Bertz CT molecular complexity index is 1130. The monoisotopic (exact) mass is 392 g/mol. The lowest BCUT2D eigenvalue weighted by Crippen LogP contribution is -2.27. The van der Waals surface area contributed by atoms with E-state index in [0.29, 0.717) is 10.6 Å². The molecule has 0 bridgehead atoms. The maximum Gasteiger partial charge on any atom is 0.271 e. The zero-order valence-corrected chi connectivity index (χ0v) is 15.9. The highest BCUT2D eigenvalue weighted by Crippen LogP contribution is 2.24. The summed E-state index contributed by atoms with van der Waals surface area (Å²) in [5, 5.41) is 20.7. The fourth-order valence-electron chi connectivity index (χ4n) is 3.07. The van der Waals surface area contributed by atoms with Crippen molar-refractivity contribution >= 4 is 17.4 Å². The molecular formula is C22H17ClN2O3. The zero-order valence-electron chi connectivity index (χ0n) is 15.1. The summed E-state index contributed by atoms with van der Waals surface area (Å²) in [6.45, 7) is 1.56. The first-order chi connectivity index (χ1) is 13.4. The summed E-state index contributed by atoms with van der Waals surface area (Å²) in [5.41, 5.74) is 0.893. The molecule has 6 heteroatoms. The Hall–Kier alpha value is -3.36. The Labute approximate surface area is 167 Å². The third kappa shape index (κ3) is 3.83. The number of aromatic nitrogens is 1. The first-order valence-corrected chi connectivity index (χ1v) is 8.98. The predicted octanol–water partition coefficient (Wildman–Crippen LogP) is 3.86. The van der Waals surface area contributed by atoms with Gasteiger partial charge in [0.05, 0.1) is 12.1 Å². The molecule has 3 rings (SSSR count). The van der Waals surface area contributed by atoms with Crippen molar-refractivity contribution in [2.24, 2.45) is 0 Å². The van der Waals surface area contributed by atoms with Gasteiger partial charge in [0.1, 0.15) is 11.6 Å². The molecule has 1 aromatic heterocycles. The summed E-state index contributed by atoms with van der Waals surface area (Å²) in [4.78, 5) is 25.6. The fraction of sp³-hybridized carbons (Fsp3) is 0.136. The molecule has 0 unspecified atom stereocenters. The number of benzene rings is 2. The number of nitrogens with zero attached hydrogens (tertiary/aromatic N) is 2. The van der Waals surface area contributed by atoms with Crippen LogP contribution >= 0.6 is 11.6 Å². The molecule has 1 N–H and O–H groups in total. The molecule has 140 valence electrons. The number of pyridine rings is 1. The van der Waals surface area contributed by atoms with Gasteiger partial charge in [-0.3, -0.25) is 14.2 Å². The third-order valence-electron chi connectivity index (χ3n) is 4.54. The number of hydrogen-bond acceptors (Lipinski definition) is 4. The number of nitriles is 1. The van der Waals surface area contributed by atoms with Gasteiger partial charge in [0.25, 0.3) is 5.56 Å². The molecule has 2 aromatic carbocycles. The lowest BCUT2D eigenvalue weighted by molar-refractivity contribution is 0.0988. The van der Waals surface area contributed by atoms with Gasteiger partial charge in [-0.2, -0.15) is 5.26 Å². The van der Waals surface area contributed by atoms with Gasteiger partial charge in [-0.05, 0) is 35.7 Å². The Morgan fingerprint density at radius 3 is 2.36 bits per heavy atom. The lowest BCUT2D eigenvalue weighted by Gasteiger charge is -2.15. The van der Waals surface area contributed by atoms with Crippen LogP contribution in [0.3, 0.4) is 0 Å². The first-order valence-electron chi connectivity index (χ1n) is 8.60. The van der Waals surface area contributed by atoms with Crippen molar-refractivity contribution in [3.63, 3.8) is 0 Å². The van der Waals surface area contributed by atoms with Crippen LogP contribution < -0.4 is 5.56 Å². The van der Waals surface area contributed by atoms with Crippen LogP contribution in [0.4, 0.5) is 0 Å². The Morgan fingerprint density at radius 2 is 1.75 bits per heavy atom. The zero-order chi connectivity index (χ0) is 20.3. The van der Waals surface area contributed by atoms with Gasteiger partial charge in [0.15, 0.2) is 5.78 Å². The Morgan fingerprint density at radius 1 is 1.11 bits per heavy atom. The molecule has 0 radical (unpaired) electrons. The summed E-state index contributed by atoms with van der Waals surface area (Å²) in [5.74, 6) is -0.806. The molecule has 0 spiro atoms. The molecule has 5 nitrogen and oxygen atoms in total. The van der Waals surface area contributed by atoms with Crippen LogP contribution in [0.5, 0.6) is 5.88 Å². The highest BCUT2D eigenvalue weighted by Gasteiger charge is 2.24. The molecule has 0 aliphatic rings. The van der Waals surface area contributed by atoms with Crippen LogP contribution in [-0.4, -0.2) is 15.5 Å². The van der Waals surface area contributed by atoms with E-state index in [1.807, 2.05) is 24.3 Å². The van der Waals surface area contributed by atoms with E-state index in [1.54, 1.807) is 36.4 Å². The summed E-state index contributed by atoms with van der Waals surface area (Å²) >= 11 is 5.87. The molecule has 1 heterocycles. The highest BCUT2D eigenvalue weighted by molar-refractivity contribution is 6.30. The number of hydrogen-bond donors (Lipinski definition) is 1. The number of aromatic hydroxyl groups is 1. The highest BCUT2D eigenvalue weighted by atomic mass is 35.5. The number of ketones is 1. The SMILES string of the molecule is Cc1c(C(=O)Cc2ccc(Cl)cc2)c(O)n(Cc2ccccc2)c(=O)c1C#N. The summed E-state index contributed by atoms with van der Waals surface area (Å²) < 4.78 is 1.07. The number of halogens is 1. The van der Waals surface area contributed by atoms with Gasteiger partial charge in [-0.1, -0.05) is 54.1 Å². The van der Waals surface area contributed by atoms with Gasteiger partial charge in [-0.25, -0.2) is 0 Å². The maximum atomic E-state index is 12.9. The largest absolute Gasteiger partial charge is 0.494 e. The molecule has 0 aliphatic carbocycles. The van der Waals surface area contributed by atoms with Crippen molar-refractivity contribution in [2.75, 3.05) is 0 Å². The fourth-order valence-corrected chi connectivity index (χ4v) is 3.20. The summed E-state index contributed by atoms with van der Waals surface area (Å²) in [6, 6.07) is 17.7. The standard InChI is InChI=1S/C22H17ClN2O3/c1-14-18(12-24)21(27)25(13-16-5-3-2-4-6-16)22(28)20(14)19(26)11-15-7-9-17(23)10-8-15/h2-10,28H,11,13H2,1H3. The normalized spacial score (nSPS) is 10.5. The number of Topliss-reactive ketones (excluding diaryl/α,β-unsaturated/α-hetero) is 1. The molecule has 28 heavy (non-hydrogen) atoms. The van der Waals surface area contributed by atoms with E-state index in [0.717, 1.165) is 10.1 Å². The van der Waals surface area contributed by atoms with E-state index in [4.69, 9.17) is 11.6 Å². The van der Waals surface area contributed by atoms with Crippen LogP contribution in [0.1, 0.15) is 32.6 Å². The predicted molar refractivity (Wildman–Crippen MR) is 107 cm³/mol. The maximum absolute atomic E-state index is 12.9. The molecule has 0 fully saturated rings. The molecule has 0 saturated carbocycles. The average Bonchev–Trinajstić information content (AvgIpc) is 2.68. The van der Waals surface area contributed by atoms with Gasteiger partial charge < -0.3 is 5.11 Å². The van der Waals surface area contributed by atoms with Gasteiger partial charge in [-0.15, -0.1) is 0 Å². The lowest BCUT2D eigenvalue weighted by atomic mass is 9.97. The van der Waals surface area contributed by atoms with Crippen LogP contribution in [0.25, 0.3) is 0 Å². The van der Waals surface area contributed by atoms with Crippen LogP contribution in [0, 0.1) is 18.3 Å². The number of carbonyl (C=O) groups is 1. The van der Waals surface area contributed by atoms with Crippen LogP contribution in [-0.2, 0) is 13.0 Å². The van der Waals surface area contributed by atoms with E-state index >= 15 is 0 Å². The molecule has 0 aliphatic heterocycles. The van der Waals surface area contributed by atoms with E-state index in [9.17, 15) is 20.0 Å². The summed E-state index contributed by atoms with van der Waals surface area (Å²) in [6.07, 6.45) is 0.0139. The molecular weight excluding hydrogens is 376 g/mol. The minimum Gasteiger partial charge on any atom is -0.494 e. The van der Waals surface area contributed by atoms with Crippen molar-refractivity contribution in [3.8, 4) is 11.9 Å². The van der Waals surface area contributed by atoms with Crippen molar-refractivity contribution in [1.29, 1.82) is 5.26 Å². The van der Waals surface area contributed by atoms with Gasteiger partial charge in [0, 0.05) is 11.4 Å². The number of rotatable bonds is 5. The summed E-state index contributed by atoms with van der Waals surface area (Å²) in [7, 11) is 0. The first kappa shape index (κ1) is 19.4. The van der Waals surface area contributed by atoms with Crippen LogP contribution in [0.2, 0.25) is 5.02 Å². The second-order valence-corrected chi connectivity index (χ2v) is 6.85. The minimum atomic E-state index is -0.621. The van der Waals surface area contributed by atoms with Gasteiger partial charge in [0.2, 0.25) is 5.88 Å². The number of carbonyl (C=O) groups excluding carboxylic acids is 1. The van der Waals surface area contributed by atoms with Crippen molar-refractivity contribution in [2.45, 2.75) is 19.9 Å². The van der Waals surface area contributed by atoms with Crippen molar-refractivity contribution in [3.05, 3.63) is 97.8 Å². The van der Waals surface area contributed by atoms with E-state index < -0.39 is 11.4 Å². The quantitative estimate of drug-likeness (QED) is 0.668. The van der Waals surface area contributed by atoms with Gasteiger partial charge >= 0.3 is 0 Å². The van der Waals surface area contributed by atoms with Crippen LogP contribution in [0.15, 0.2) is 59.4 Å². The van der Waals surface area contributed by atoms with Crippen molar-refractivity contribution in [1.82, 2.24) is 4.57 Å². The smallest absolute Gasteiger partial charge is 0.271 e. The van der Waals surface area contributed by atoms with E-state index in [-0.39, 0.29) is 35.4 Å². The Balaban J connectivity index is 2.08. The van der Waals surface area contributed by atoms with E-state index in [2.05, 4.69) is 0 Å². The molecule has 0 amide bonds. The van der Waals surface area contributed by atoms with Crippen molar-refractivity contribution < 1.29 is 9.90 Å². The Kier molecular flexibility index (Phi) is 5.62. The third-order valence-corrected chi connectivity index (χ3v) is 4.79. The molecule has 0 atom stereocenters. The second kappa shape index (κ2) is 8.12.